The van der Waals surface area contributed by atoms with Crippen molar-refractivity contribution in [3.63, 3.8) is 0 Å². The number of hydrogen-bond acceptors (Lipinski definition) is 5. The van der Waals surface area contributed by atoms with Crippen molar-refractivity contribution in [1.29, 1.82) is 0 Å². The molecule has 0 unspecified atom stereocenters. The fourth-order valence-electron chi connectivity index (χ4n) is 2.30. The van der Waals surface area contributed by atoms with Gasteiger partial charge in [-0.15, -0.1) is 0 Å². The van der Waals surface area contributed by atoms with Gasteiger partial charge in [-0.25, -0.2) is 12.7 Å². The van der Waals surface area contributed by atoms with Gasteiger partial charge in [-0.3, -0.25) is 4.18 Å². The van der Waals surface area contributed by atoms with E-state index in [0.29, 0.717) is 12.5 Å². The second-order valence-electron chi connectivity index (χ2n) is 5.42. The van der Waals surface area contributed by atoms with Crippen LogP contribution in [-0.2, 0) is 24.3 Å². The zero-order valence-electron chi connectivity index (χ0n) is 11.7. The molecule has 1 saturated carbocycles. The van der Waals surface area contributed by atoms with Crippen LogP contribution in [0.1, 0.15) is 25.7 Å². The Bertz CT molecular complexity index is 477. The number of nitrogens with zero attached hydrogens (tertiary/aromatic N) is 1. The van der Waals surface area contributed by atoms with Gasteiger partial charge in [0.05, 0.1) is 19.1 Å². The molecule has 0 atom stereocenters. The molecule has 6 nitrogen and oxygen atoms in total. The fourth-order valence-corrected chi connectivity index (χ4v) is 3.22. The maximum atomic E-state index is 11.3. The van der Waals surface area contributed by atoms with Crippen molar-refractivity contribution in [1.82, 2.24) is 4.31 Å². The summed E-state index contributed by atoms with van der Waals surface area (Å²) in [6.07, 6.45) is 5.86. The molecule has 0 aromatic rings. The molecular formula is C11H23NO5S2. The Kier molecular flexibility index (Phi) is 5.78. The molecule has 0 saturated heterocycles. The molecule has 1 fully saturated rings. The van der Waals surface area contributed by atoms with Gasteiger partial charge < -0.3 is 0 Å². The monoisotopic (exact) mass is 313 g/mol. The Morgan fingerprint density at radius 2 is 1.47 bits per heavy atom. The standard InChI is InChI=1S/C11H23NO5S2/c1-12(18(2,13)14)8-10-4-6-11(7-5-10)9-17-19(3,15)16/h10-11H,4-9H2,1-3H3. The minimum absolute atomic E-state index is 0.244. The summed E-state index contributed by atoms with van der Waals surface area (Å²) in [6, 6.07) is 0. The van der Waals surface area contributed by atoms with E-state index in [2.05, 4.69) is 0 Å². The van der Waals surface area contributed by atoms with Crippen molar-refractivity contribution < 1.29 is 21.0 Å². The predicted molar refractivity (Wildman–Crippen MR) is 73.7 cm³/mol. The Balaban J connectivity index is 2.33. The molecule has 8 heteroatoms. The number of rotatable bonds is 6. The molecule has 0 amide bonds. The van der Waals surface area contributed by atoms with Crippen molar-refractivity contribution >= 4 is 20.1 Å². The third-order valence-electron chi connectivity index (χ3n) is 3.57. The Morgan fingerprint density at radius 1 is 1.00 bits per heavy atom. The summed E-state index contributed by atoms with van der Waals surface area (Å²) < 4.78 is 50.6. The first-order chi connectivity index (χ1) is 8.58. The molecule has 0 bridgehead atoms. The van der Waals surface area contributed by atoms with Gasteiger partial charge in [0.15, 0.2) is 0 Å². The molecule has 1 aliphatic carbocycles. The lowest BCUT2D eigenvalue weighted by atomic mass is 9.82. The molecule has 0 aliphatic heterocycles. The van der Waals surface area contributed by atoms with Crippen LogP contribution in [-0.4, -0.2) is 53.9 Å². The SMILES string of the molecule is CN(CC1CCC(COS(C)(=O)=O)CC1)S(C)(=O)=O. The first-order valence-electron chi connectivity index (χ1n) is 6.33. The van der Waals surface area contributed by atoms with Crippen molar-refractivity contribution in [2.45, 2.75) is 25.7 Å². The van der Waals surface area contributed by atoms with Gasteiger partial charge in [-0.2, -0.15) is 8.42 Å². The van der Waals surface area contributed by atoms with Gasteiger partial charge in [0.25, 0.3) is 10.1 Å². The quantitative estimate of drug-likeness (QED) is 0.673. The van der Waals surface area contributed by atoms with Crippen LogP contribution in [0.15, 0.2) is 0 Å². The van der Waals surface area contributed by atoms with E-state index < -0.39 is 20.1 Å². The smallest absolute Gasteiger partial charge is 0.264 e. The predicted octanol–water partition coefficient (Wildman–Crippen LogP) is 0.660. The van der Waals surface area contributed by atoms with Crippen LogP contribution in [0.5, 0.6) is 0 Å². The van der Waals surface area contributed by atoms with Crippen LogP contribution < -0.4 is 0 Å². The summed E-state index contributed by atoms with van der Waals surface area (Å²) >= 11 is 0. The topological polar surface area (TPSA) is 80.8 Å². The van der Waals surface area contributed by atoms with Gasteiger partial charge in [0.2, 0.25) is 10.0 Å². The number of sulfonamides is 1. The average Bonchev–Trinajstić information content (AvgIpc) is 2.26. The fraction of sp³-hybridized carbons (Fsp3) is 1.00. The maximum absolute atomic E-state index is 11.3. The molecule has 0 aromatic heterocycles. The second-order valence-corrected chi connectivity index (χ2v) is 9.15. The zero-order valence-corrected chi connectivity index (χ0v) is 13.3. The zero-order chi connectivity index (χ0) is 14.7. The molecule has 0 heterocycles. The number of hydrogen-bond donors (Lipinski definition) is 0. The lowest BCUT2D eigenvalue weighted by Crippen LogP contribution is -2.33. The maximum Gasteiger partial charge on any atom is 0.264 e. The summed E-state index contributed by atoms with van der Waals surface area (Å²) in [4.78, 5) is 0. The highest BCUT2D eigenvalue weighted by molar-refractivity contribution is 7.88. The summed E-state index contributed by atoms with van der Waals surface area (Å²) in [6.45, 7) is 0.784. The highest BCUT2D eigenvalue weighted by Crippen LogP contribution is 2.29. The second kappa shape index (κ2) is 6.51. The van der Waals surface area contributed by atoms with E-state index in [4.69, 9.17) is 4.18 Å². The van der Waals surface area contributed by atoms with E-state index in [1.54, 1.807) is 7.05 Å². The van der Waals surface area contributed by atoms with Crippen LogP contribution in [0.3, 0.4) is 0 Å². The largest absolute Gasteiger partial charge is 0.270 e. The molecule has 1 aliphatic rings. The van der Waals surface area contributed by atoms with Crippen LogP contribution in [0.4, 0.5) is 0 Å². The Hall–Kier alpha value is -0.180. The highest BCUT2D eigenvalue weighted by atomic mass is 32.2. The van der Waals surface area contributed by atoms with E-state index >= 15 is 0 Å². The lowest BCUT2D eigenvalue weighted by molar-refractivity contribution is 0.179. The van der Waals surface area contributed by atoms with Crippen molar-refractivity contribution in [2.75, 3.05) is 32.7 Å². The molecular weight excluding hydrogens is 290 g/mol. The van der Waals surface area contributed by atoms with Crippen molar-refractivity contribution in [3.05, 3.63) is 0 Å². The van der Waals surface area contributed by atoms with Gasteiger partial charge in [-0.1, -0.05) is 0 Å². The summed E-state index contributed by atoms with van der Waals surface area (Å²) in [5.74, 6) is 0.615. The third kappa shape index (κ3) is 6.69. The Morgan fingerprint density at radius 3 is 1.89 bits per heavy atom. The summed E-state index contributed by atoms with van der Waals surface area (Å²) in [7, 11) is -4.89. The molecule has 1 rings (SSSR count). The van der Waals surface area contributed by atoms with Crippen molar-refractivity contribution in [3.8, 4) is 0 Å². The summed E-state index contributed by atoms with van der Waals surface area (Å²) in [5, 5.41) is 0. The van der Waals surface area contributed by atoms with Crippen LogP contribution in [0.2, 0.25) is 0 Å². The van der Waals surface area contributed by atoms with Crippen LogP contribution in [0, 0.1) is 11.8 Å². The summed E-state index contributed by atoms with van der Waals surface area (Å²) in [5.41, 5.74) is 0. The van der Waals surface area contributed by atoms with E-state index in [9.17, 15) is 16.8 Å². The van der Waals surface area contributed by atoms with Gasteiger partial charge in [0.1, 0.15) is 0 Å². The molecule has 114 valence electrons. The highest BCUT2D eigenvalue weighted by Gasteiger charge is 2.25. The minimum Gasteiger partial charge on any atom is -0.270 e. The molecule has 0 spiro atoms. The van der Waals surface area contributed by atoms with Gasteiger partial charge in [0, 0.05) is 13.6 Å². The van der Waals surface area contributed by atoms with E-state index in [1.807, 2.05) is 0 Å². The van der Waals surface area contributed by atoms with E-state index in [-0.39, 0.29) is 12.5 Å². The van der Waals surface area contributed by atoms with Crippen LogP contribution >= 0.6 is 0 Å². The molecule has 0 N–H and O–H groups in total. The van der Waals surface area contributed by atoms with Gasteiger partial charge >= 0.3 is 0 Å². The van der Waals surface area contributed by atoms with Crippen molar-refractivity contribution in [2.24, 2.45) is 11.8 Å². The average molecular weight is 313 g/mol. The first kappa shape index (κ1) is 16.9. The van der Waals surface area contributed by atoms with E-state index in [1.165, 1.54) is 10.6 Å². The molecule has 0 aromatic carbocycles. The van der Waals surface area contributed by atoms with E-state index in [0.717, 1.165) is 31.9 Å². The molecule has 0 radical (unpaired) electrons. The lowest BCUT2D eigenvalue weighted by Gasteiger charge is -2.30. The Labute approximate surface area is 116 Å². The minimum atomic E-state index is -3.36. The van der Waals surface area contributed by atoms with Gasteiger partial charge in [-0.05, 0) is 37.5 Å². The molecule has 19 heavy (non-hydrogen) atoms. The third-order valence-corrected chi connectivity index (χ3v) is 5.41. The normalized spacial score (nSPS) is 25.7. The first-order valence-corrected chi connectivity index (χ1v) is 10.00. The van der Waals surface area contributed by atoms with Crippen LogP contribution in [0.25, 0.3) is 0 Å².